The number of β-amino-alcohol motifs (C(OH)–C–C–N with tert-alkyl or cyclic N) is 1. The van der Waals surface area contributed by atoms with Crippen molar-refractivity contribution in [1.29, 1.82) is 5.26 Å². The molecule has 0 aliphatic carbocycles. The van der Waals surface area contributed by atoms with Crippen molar-refractivity contribution in [1.82, 2.24) is 34.1 Å². The largest absolute Gasteiger partial charge is 0.391 e. The number of hydrogen-bond acceptors (Lipinski definition) is 11. The molecule has 1 amide bonds. The third kappa shape index (κ3) is 6.57. The summed E-state index contributed by atoms with van der Waals surface area (Å²) in [6, 6.07) is 12.2. The molecule has 0 radical (unpaired) electrons. The van der Waals surface area contributed by atoms with E-state index in [1.165, 1.54) is 23.5 Å². The van der Waals surface area contributed by atoms with E-state index in [4.69, 9.17) is 4.98 Å². The van der Waals surface area contributed by atoms with Crippen LogP contribution in [0.1, 0.15) is 29.6 Å². The number of nitrogens with one attached hydrogen (secondary N) is 1. The number of aliphatic hydroxyl groups excluding tert-OH is 1. The Kier molecular flexibility index (Phi) is 8.98. The van der Waals surface area contributed by atoms with Gasteiger partial charge in [-0.25, -0.2) is 24.3 Å². The Balaban J connectivity index is 1.02. The molecular formula is C34H35FN10O2S. The van der Waals surface area contributed by atoms with Gasteiger partial charge < -0.3 is 24.6 Å². The summed E-state index contributed by atoms with van der Waals surface area (Å²) in [5.74, 6) is 0.398. The minimum atomic E-state index is -0.404. The third-order valence-corrected chi connectivity index (χ3v) is 9.81. The average Bonchev–Trinajstić information content (AvgIpc) is 3.84. The summed E-state index contributed by atoms with van der Waals surface area (Å²) in [5, 5.41) is 23.4. The van der Waals surface area contributed by atoms with E-state index in [0.29, 0.717) is 59.8 Å². The number of rotatable bonds is 9. The molecule has 48 heavy (non-hydrogen) atoms. The van der Waals surface area contributed by atoms with Crippen molar-refractivity contribution < 1.29 is 14.3 Å². The van der Waals surface area contributed by atoms with E-state index >= 15 is 0 Å². The number of aliphatic hydroxyl groups is 1. The lowest BCUT2D eigenvalue weighted by atomic mass is 10.1. The van der Waals surface area contributed by atoms with E-state index in [-0.39, 0.29) is 11.7 Å². The Labute approximate surface area is 281 Å². The highest BCUT2D eigenvalue weighted by Gasteiger charge is 2.27. The lowest BCUT2D eigenvalue weighted by molar-refractivity contribution is -0.131. The molecule has 246 valence electrons. The van der Waals surface area contributed by atoms with Gasteiger partial charge >= 0.3 is 0 Å². The van der Waals surface area contributed by atoms with Gasteiger partial charge in [-0.2, -0.15) is 5.26 Å². The summed E-state index contributed by atoms with van der Waals surface area (Å²) in [7, 11) is 0. The number of halogens is 1. The van der Waals surface area contributed by atoms with Crippen LogP contribution in [0.15, 0.2) is 55.0 Å². The maximum Gasteiger partial charge on any atom is 0.236 e. The van der Waals surface area contributed by atoms with Gasteiger partial charge in [0.25, 0.3) is 0 Å². The van der Waals surface area contributed by atoms with Crippen molar-refractivity contribution >= 4 is 34.0 Å². The number of hydrogen-bond donors (Lipinski definition) is 2. The van der Waals surface area contributed by atoms with Crippen LogP contribution < -0.4 is 10.2 Å². The van der Waals surface area contributed by atoms with Crippen molar-refractivity contribution in [2.75, 3.05) is 56.0 Å². The third-order valence-electron chi connectivity index (χ3n) is 8.89. The van der Waals surface area contributed by atoms with Crippen molar-refractivity contribution in [3.05, 3.63) is 77.1 Å². The summed E-state index contributed by atoms with van der Waals surface area (Å²) >= 11 is 1.26. The number of imidazole rings is 1. The fourth-order valence-corrected chi connectivity index (χ4v) is 7.00. The Hall–Kier alpha value is -4.97. The molecule has 7 rings (SSSR count). The molecule has 2 aliphatic rings. The molecule has 0 bridgehead atoms. The molecular weight excluding hydrogens is 632 g/mol. The zero-order valence-electron chi connectivity index (χ0n) is 26.5. The second kappa shape index (κ2) is 13.6. The number of amides is 1. The summed E-state index contributed by atoms with van der Waals surface area (Å²) in [6.07, 6.45) is 6.71. The van der Waals surface area contributed by atoms with E-state index in [2.05, 4.69) is 47.5 Å². The van der Waals surface area contributed by atoms with Crippen molar-refractivity contribution in [2.45, 2.75) is 32.4 Å². The van der Waals surface area contributed by atoms with Gasteiger partial charge in [0.2, 0.25) is 11.9 Å². The van der Waals surface area contributed by atoms with Crippen LogP contribution in [0.2, 0.25) is 0 Å². The first-order valence-corrected chi connectivity index (χ1v) is 16.9. The van der Waals surface area contributed by atoms with Crippen LogP contribution in [0.3, 0.4) is 0 Å². The molecule has 2 saturated heterocycles. The van der Waals surface area contributed by atoms with Crippen LogP contribution in [0.25, 0.3) is 28.0 Å². The minimum Gasteiger partial charge on any atom is -0.391 e. The first-order chi connectivity index (χ1) is 23.4. The SMILES string of the molecule is CCc1nc2ccc(-c3cnc(N4CCN(CC(=O)N5CC[C@@H](O)C5)CC4)nc3)cn2c1CNc1nc(-c2ccc(F)cc2)c(C#N)s1. The fourth-order valence-electron chi connectivity index (χ4n) is 6.22. The van der Waals surface area contributed by atoms with E-state index in [0.717, 1.165) is 60.8 Å². The molecule has 1 aromatic carbocycles. The number of carbonyl (C=O) groups is 1. The molecule has 4 aromatic heterocycles. The number of thiazole rings is 1. The number of likely N-dealkylation sites (tertiary alicyclic amines) is 1. The molecule has 0 saturated carbocycles. The quantitative estimate of drug-likeness (QED) is 0.239. The van der Waals surface area contributed by atoms with Gasteiger partial charge in [0, 0.05) is 74.5 Å². The molecule has 2 fully saturated rings. The summed E-state index contributed by atoms with van der Waals surface area (Å²) in [5.41, 5.74) is 5.82. The first kappa shape index (κ1) is 31.6. The molecule has 14 heteroatoms. The maximum absolute atomic E-state index is 13.5. The van der Waals surface area contributed by atoms with Gasteiger partial charge in [-0.15, -0.1) is 0 Å². The maximum atomic E-state index is 13.5. The van der Waals surface area contributed by atoms with Crippen LogP contribution >= 0.6 is 11.3 Å². The number of carbonyl (C=O) groups excluding carboxylic acids is 1. The van der Waals surface area contributed by atoms with E-state index < -0.39 is 6.10 Å². The average molecular weight is 667 g/mol. The Morgan fingerprint density at radius 2 is 1.79 bits per heavy atom. The summed E-state index contributed by atoms with van der Waals surface area (Å²) in [4.78, 5) is 37.9. The number of piperazine rings is 1. The monoisotopic (exact) mass is 666 g/mol. The number of fused-ring (bicyclic) bond motifs is 1. The second-order valence-electron chi connectivity index (χ2n) is 12.0. The van der Waals surface area contributed by atoms with Crippen LogP contribution in [0, 0.1) is 17.1 Å². The van der Waals surface area contributed by atoms with Gasteiger partial charge in [0.15, 0.2) is 5.13 Å². The van der Waals surface area contributed by atoms with Crippen LogP contribution in [0.5, 0.6) is 0 Å². The molecule has 12 nitrogen and oxygen atoms in total. The van der Waals surface area contributed by atoms with Crippen LogP contribution in [-0.2, 0) is 17.8 Å². The molecule has 0 spiro atoms. The van der Waals surface area contributed by atoms with Crippen molar-refractivity contribution in [3.63, 3.8) is 0 Å². The number of benzene rings is 1. The van der Waals surface area contributed by atoms with Gasteiger partial charge in [-0.1, -0.05) is 18.3 Å². The molecule has 2 aliphatic heterocycles. The fraction of sp³-hybridized carbons (Fsp3) is 0.353. The topological polar surface area (TPSA) is 139 Å². The number of aryl methyl sites for hydroxylation is 1. The predicted molar refractivity (Wildman–Crippen MR) is 181 cm³/mol. The van der Waals surface area contributed by atoms with Crippen molar-refractivity contribution in [2.24, 2.45) is 0 Å². The first-order valence-electron chi connectivity index (χ1n) is 16.0. The van der Waals surface area contributed by atoms with E-state index in [1.807, 2.05) is 30.7 Å². The lowest BCUT2D eigenvalue weighted by Gasteiger charge is -2.35. The normalized spacial score (nSPS) is 16.8. The second-order valence-corrected chi connectivity index (χ2v) is 13.0. The highest BCUT2D eigenvalue weighted by atomic mass is 32.1. The number of anilines is 2. The van der Waals surface area contributed by atoms with E-state index in [1.54, 1.807) is 17.0 Å². The number of nitrogens with zero attached hydrogens (tertiary/aromatic N) is 9. The van der Waals surface area contributed by atoms with Crippen molar-refractivity contribution in [3.8, 4) is 28.5 Å². The zero-order chi connectivity index (χ0) is 33.2. The van der Waals surface area contributed by atoms with Gasteiger partial charge in [-0.3, -0.25) is 9.69 Å². The lowest BCUT2D eigenvalue weighted by Crippen LogP contribution is -2.50. The molecule has 5 aromatic rings. The molecule has 1 atom stereocenters. The minimum absolute atomic E-state index is 0.0767. The number of pyridine rings is 1. The number of nitriles is 1. The standard InChI is InChI=1S/C34H35FN10O2S/c1-2-27-28(18-39-34-41-32(29(15-36)48-34)22-3-6-25(35)7-4-22)45-19-23(5-8-30(45)40-27)24-16-37-33(38-17-24)43-13-11-42(12-14-43)21-31(47)44-10-9-26(46)20-44/h3-8,16-17,19,26,46H,2,9-14,18,20-21H2,1H3,(H,39,41)/t26-/m1/s1. The smallest absolute Gasteiger partial charge is 0.236 e. The highest BCUT2D eigenvalue weighted by molar-refractivity contribution is 7.16. The van der Waals surface area contributed by atoms with Gasteiger partial charge in [0.1, 0.15) is 28.1 Å². The zero-order valence-corrected chi connectivity index (χ0v) is 27.3. The van der Waals surface area contributed by atoms with E-state index in [9.17, 15) is 19.6 Å². The summed E-state index contributed by atoms with van der Waals surface area (Å²) in [6.45, 7) is 6.89. The van der Waals surface area contributed by atoms with Crippen LogP contribution in [-0.4, -0.2) is 97.1 Å². The summed E-state index contributed by atoms with van der Waals surface area (Å²) < 4.78 is 15.5. The van der Waals surface area contributed by atoms with Gasteiger partial charge in [-0.05, 0) is 49.2 Å². The molecule has 2 N–H and O–H groups in total. The molecule has 6 heterocycles. The molecule has 0 unspecified atom stereocenters. The highest BCUT2D eigenvalue weighted by Crippen LogP contribution is 2.31. The Morgan fingerprint density at radius 3 is 2.48 bits per heavy atom. The van der Waals surface area contributed by atoms with Gasteiger partial charge in [0.05, 0.1) is 30.6 Å². The number of aromatic nitrogens is 5. The van der Waals surface area contributed by atoms with Crippen LogP contribution in [0.4, 0.5) is 15.5 Å². The Bertz CT molecular complexity index is 1960. The Morgan fingerprint density at radius 1 is 1.04 bits per heavy atom. The predicted octanol–water partition coefficient (Wildman–Crippen LogP) is 3.82.